The van der Waals surface area contributed by atoms with E-state index in [9.17, 15) is 24.8 Å². The average molecular weight is 431 g/mol. The van der Waals surface area contributed by atoms with Crippen LogP contribution in [0.3, 0.4) is 0 Å². The zero-order chi connectivity index (χ0) is 22.0. The molecule has 0 aliphatic carbocycles. The van der Waals surface area contributed by atoms with E-state index in [0.717, 1.165) is 11.6 Å². The molecule has 0 bridgehead atoms. The van der Waals surface area contributed by atoms with Gasteiger partial charge in [-0.3, -0.25) is 19.6 Å². The molecule has 11 heteroatoms. The number of carboxylic acids is 1. The molecule has 0 aliphatic rings. The molecule has 0 aliphatic heterocycles. The van der Waals surface area contributed by atoms with Crippen molar-refractivity contribution in [3.8, 4) is 11.5 Å². The van der Waals surface area contributed by atoms with E-state index in [2.05, 4.69) is 10.4 Å². The van der Waals surface area contributed by atoms with Gasteiger partial charge in [-0.15, -0.1) is 0 Å². The summed E-state index contributed by atoms with van der Waals surface area (Å²) in [4.78, 5) is 34.4. The maximum absolute atomic E-state index is 12.5. The normalized spacial score (nSPS) is 10.5. The number of hydrogen-bond acceptors (Lipinski definition) is 6. The van der Waals surface area contributed by atoms with Gasteiger partial charge in [0.2, 0.25) is 0 Å². The third-order valence-electron chi connectivity index (χ3n) is 4.00. The second-order valence-corrected chi connectivity index (χ2v) is 6.72. The van der Waals surface area contributed by atoms with Gasteiger partial charge in [0.25, 0.3) is 11.6 Å². The first-order valence-corrected chi connectivity index (χ1v) is 8.83. The van der Waals surface area contributed by atoms with Gasteiger partial charge < -0.3 is 15.2 Å². The number of benzene rings is 2. The molecule has 3 rings (SSSR count). The number of aromatic carboxylic acids is 1. The fourth-order valence-electron chi connectivity index (χ4n) is 2.64. The van der Waals surface area contributed by atoms with Crippen molar-refractivity contribution in [3.05, 3.63) is 74.6 Å². The molecule has 0 atom stereocenters. The number of non-ortho nitro benzene ring substituents is 1. The lowest BCUT2D eigenvalue weighted by Crippen LogP contribution is -2.16. The summed E-state index contributed by atoms with van der Waals surface area (Å²) in [5, 5.41) is 27.3. The minimum Gasteiger partial charge on any atom is -0.478 e. The van der Waals surface area contributed by atoms with Crippen molar-refractivity contribution in [2.45, 2.75) is 6.92 Å². The predicted molar refractivity (Wildman–Crippen MR) is 107 cm³/mol. The van der Waals surface area contributed by atoms with Crippen molar-refractivity contribution in [3.63, 3.8) is 0 Å². The SMILES string of the molecule is Cc1cc(Oc2cc(NC(=O)c3nn(C)cc3C(=O)O)cc([N+](=O)[O-])c2)ccc1Cl. The molecule has 0 spiro atoms. The molecule has 1 aromatic heterocycles. The van der Waals surface area contributed by atoms with E-state index in [-0.39, 0.29) is 28.4 Å². The van der Waals surface area contributed by atoms with E-state index in [1.807, 2.05) is 0 Å². The zero-order valence-electron chi connectivity index (χ0n) is 15.7. The number of nitrogens with one attached hydrogen (secondary N) is 1. The number of halogens is 1. The van der Waals surface area contributed by atoms with E-state index in [1.165, 1.54) is 30.1 Å². The second kappa shape index (κ2) is 8.21. The Morgan fingerprint density at radius 3 is 2.60 bits per heavy atom. The first-order chi connectivity index (χ1) is 14.1. The van der Waals surface area contributed by atoms with Gasteiger partial charge in [-0.2, -0.15) is 5.10 Å². The van der Waals surface area contributed by atoms with Crippen LogP contribution in [-0.2, 0) is 7.05 Å². The van der Waals surface area contributed by atoms with Gasteiger partial charge in [0, 0.05) is 30.4 Å². The monoisotopic (exact) mass is 430 g/mol. The Balaban J connectivity index is 1.93. The number of aromatic nitrogens is 2. The molecular weight excluding hydrogens is 416 g/mol. The number of anilines is 1. The van der Waals surface area contributed by atoms with Gasteiger partial charge in [-0.05, 0) is 30.7 Å². The number of ether oxygens (including phenoxy) is 1. The molecule has 1 amide bonds. The van der Waals surface area contributed by atoms with Crippen LogP contribution in [0.2, 0.25) is 5.02 Å². The largest absolute Gasteiger partial charge is 0.478 e. The highest BCUT2D eigenvalue weighted by atomic mass is 35.5. The molecule has 0 fully saturated rings. The Labute approximate surface area is 174 Å². The van der Waals surface area contributed by atoms with Gasteiger partial charge in [0.1, 0.15) is 17.1 Å². The van der Waals surface area contributed by atoms with Gasteiger partial charge in [0.05, 0.1) is 16.7 Å². The summed E-state index contributed by atoms with van der Waals surface area (Å²) in [6.07, 6.45) is 1.18. The Hall–Kier alpha value is -3.92. The van der Waals surface area contributed by atoms with E-state index < -0.39 is 16.8 Å². The van der Waals surface area contributed by atoms with Crippen LogP contribution in [0.5, 0.6) is 11.5 Å². The van der Waals surface area contributed by atoms with Crippen molar-refractivity contribution in [1.29, 1.82) is 0 Å². The predicted octanol–water partition coefficient (Wildman–Crippen LogP) is 4.03. The minimum atomic E-state index is -1.32. The third-order valence-corrected chi connectivity index (χ3v) is 4.42. The average Bonchev–Trinajstić information content (AvgIpc) is 3.07. The number of carbonyl (C=O) groups excluding carboxylic acids is 1. The topological polar surface area (TPSA) is 137 Å². The van der Waals surface area contributed by atoms with E-state index >= 15 is 0 Å². The van der Waals surface area contributed by atoms with Crippen molar-refractivity contribution >= 4 is 34.9 Å². The molecule has 2 N–H and O–H groups in total. The smallest absolute Gasteiger partial charge is 0.339 e. The molecule has 1 heterocycles. The first-order valence-electron chi connectivity index (χ1n) is 8.46. The quantitative estimate of drug-likeness (QED) is 0.444. The molecule has 0 unspecified atom stereocenters. The lowest BCUT2D eigenvalue weighted by molar-refractivity contribution is -0.384. The van der Waals surface area contributed by atoms with Crippen LogP contribution < -0.4 is 10.1 Å². The summed E-state index contributed by atoms with van der Waals surface area (Å²) in [5.74, 6) is -1.66. The lowest BCUT2D eigenvalue weighted by Gasteiger charge is -2.10. The summed E-state index contributed by atoms with van der Waals surface area (Å²) in [6, 6.07) is 8.58. The van der Waals surface area contributed by atoms with Crippen LogP contribution in [0, 0.1) is 17.0 Å². The van der Waals surface area contributed by atoms with Crippen molar-refractivity contribution < 1.29 is 24.4 Å². The Morgan fingerprint density at radius 2 is 1.97 bits per heavy atom. The number of nitrogens with zero attached hydrogens (tertiary/aromatic N) is 3. The standard InChI is InChI=1S/C19H15ClN4O6/c1-10-5-13(3-4-16(10)20)30-14-7-11(6-12(8-14)24(28)29)21-18(25)17-15(19(26)27)9-23(2)22-17/h3-9H,1-2H3,(H,21,25)(H,26,27). The number of carbonyl (C=O) groups is 2. The van der Waals surface area contributed by atoms with Crippen LogP contribution in [0.1, 0.15) is 26.4 Å². The van der Waals surface area contributed by atoms with E-state index in [1.54, 1.807) is 25.1 Å². The van der Waals surface area contributed by atoms with Gasteiger partial charge in [-0.25, -0.2) is 4.79 Å². The van der Waals surface area contributed by atoms with Crippen LogP contribution in [0.15, 0.2) is 42.6 Å². The molecule has 3 aromatic rings. The van der Waals surface area contributed by atoms with Gasteiger partial charge in [-0.1, -0.05) is 11.6 Å². The highest BCUT2D eigenvalue weighted by Crippen LogP contribution is 2.31. The highest BCUT2D eigenvalue weighted by Gasteiger charge is 2.22. The summed E-state index contributed by atoms with van der Waals surface area (Å²) in [5.41, 5.74) is -0.157. The molecular formula is C19H15ClN4O6. The fraction of sp³-hybridized carbons (Fsp3) is 0.105. The number of carboxylic acid groups (broad SMARTS) is 1. The van der Waals surface area contributed by atoms with Crippen molar-refractivity contribution in [1.82, 2.24) is 9.78 Å². The fourth-order valence-corrected chi connectivity index (χ4v) is 2.76. The van der Waals surface area contributed by atoms with Crippen LogP contribution in [0.25, 0.3) is 0 Å². The Bertz CT molecular complexity index is 1170. The maximum Gasteiger partial charge on any atom is 0.339 e. The van der Waals surface area contributed by atoms with Crippen LogP contribution in [-0.4, -0.2) is 31.7 Å². The molecule has 0 radical (unpaired) electrons. The van der Waals surface area contributed by atoms with Crippen LogP contribution in [0.4, 0.5) is 11.4 Å². The van der Waals surface area contributed by atoms with E-state index in [4.69, 9.17) is 16.3 Å². The van der Waals surface area contributed by atoms with Gasteiger partial charge in [0.15, 0.2) is 5.69 Å². The summed E-state index contributed by atoms with van der Waals surface area (Å²) in [6.45, 7) is 1.78. The molecule has 30 heavy (non-hydrogen) atoms. The summed E-state index contributed by atoms with van der Waals surface area (Å²) >= 11 is 5.99. The number of amides is 1. The number of nitro benzene ring substituents is 1. The summed E-state index contributed by atoms with van der Waals surface area (Å²) in [7, 11) is 1.47. The Morgan fingerprint density at radius 1 is 1.23 bits per heavy atom. The maximum atomic E-state index is 12.5. The summed E-state index contributed by atoms with van der Waals surface area (Å²) < 4.78 is 6.85. The number of hydrogen-bond donors (Lipinski definition) is 2. The molecule has 10 nitrogen and oxygen atoms in total. The molecule has 0 saturated heterocycles. The lowest BCUT2D eigenvalue weighted by atomic mass is 10.2. The molecule has 2 aromatic carbocycles. The van der Waals surface area contributed by atoms with Crippen LogP contribution >= 0.6 is 11.6 Å². The second-order valence-electron chi connectivity index (χ2n) is 6.31. The highest BCUT2D eigenvalue weighted by molar-refractivity contribution is 6.31. The minimum absolute atomic E-state index is 0.0388. The van der Waals surface area contributed by atoms with E-state index in [0.29, 0.717) is 10.8 Å². The van der Waals surface area contributed by atoms with Gasteiger partial charge >= 0.3 is 5.97 Å². The molecule has 0 saturated carbocycles. The van der Waals surface area contributed by atoms with Crippen molar-refractivity contribution in [2.75, 3.05) is 5.32 Å². The van der Waals surface area contributed by atoms with Crippen molar-refractivity contribution in [2.24, 2.45) is 7.05 Å². The number of aryl methyl sites for hydroxylation is 2. The molecule has 154 valence electrons. The number of nitro groups is 1. The first kappa shape index (κ1) is 20.8. The Kier molecular flexibility index (Phi) is 5.70. The third kappa shape index (κ3) is 4.55. The number of rotatable bonds is 6. The zero-order valence-corrected chi connectivity index (χ0v) is 16.5.